The molecule has 0 bridgehead atoms. The number of rotatable bonds is 7. The molecule has 0 aliphatic carbocycles. The summed E-state index contributed by atoms with van der Waals surface area (Å²) in [6.07, 6.45) is 1.50. The summed E-state index contributed by atoms with van der Waals surface area (Å²) in [5.41, 5.74) is 4.43. The van der Waals surface area contributed by atoms with E-state index in [1.54, 1.807) is 35.9 Å². The Morgan fingerprint density at radius 1 is 1.06 bits per heavy atom. The largest absolute Gasteiger partial charge is 0.462 e. The topological polar surface area (TPSA) is 91.0 Å². The maximum atomic E-state index is 12.6. The van der Waals surface area contributed by atoms with Crippen molar-refractivity contribution in [1.29, 1.82) is 0 Å². The van der Waals surface area contributed by atoms with E-state index in [-0.39, 0.29) is 5.91 Å². The number of aromatic nitrogens is 4. The molecule has 1 N–H and O–H groups in total. The number of carbonyl (C=O) groups excluding carboxylic acids is 2. The Bertz CT molecular complexity index is 1270. The Hall–Kier alpha value is -3.94. The van der Waals surface area contributed by atoms with Crippen LogP contribution in [0, 0.1) is 13.8 Å². The van der Waals surface area contributed by atoms with Crippen LogP contribution in [0.1, 0.15) is 39.2 Å². The number of para-hydroxylation sites is 2. The van der Waals surface area contributed by atoms with Crippen LogP contribution >= 0.6 is 0 Å². The van der Waals surface area contributed by atoms with Crippen molar-refractivity contribution in [2.24, 2.45) is 0 Å². The minimum Gasteiger partial charge on any atom is -0.462 e. The number of nitrogens with one attached hydrogen (secondary N) is 1. The first-order chi connectivity index (χ1) is 15.5. The van der Waals surface area contributed by atoms with Crippen LogP contribution in [0.2, 0.25) is 0 Å². The van der Waals surface area contributed by atoms with Crippen LogP contribution in [-0.4, -0.2) is 44.4 Å². The van der Waals surface area contributed by atoms with Gasteiger partial charge in [-0.15, -0.1) is 0 Å². The molecule has 8 nitrogen and oxygen atoms in total. The van der Waals surface area contributed by atoms with Gasteiger partial charge in [0.1, 0.15) is 11.4 Å². The van der Waals surface area contributed by atoms with Crippen LogP contribution in [-0.2, 0) is 11.3 Å². The zero-order chi connectivity index (χ0) is 22.7. The lowest BCUT2D eigenvalue weighted by Gasteiger charge is -2.10. The van der Waals surface area contributed by atoms with E-state index in [9.17, 15) is 9.59 Å². The molecule has 32 heavy (non-hydrogen) atoms. The van der Waals surface area contributed by atoms with E-state index in [1.165, 1.54) is 6.20 Å². The van der Waals surface area contributed by atoms with Crippen molar-refractivity contribution in [2.45, 2.75) is 27.3 Å². The number of fused-ring (bicyclic) bond motifs is 1. The van der Waals surface area contributed by atoms with Crippen molar-refractivity contribution in [3.05, 3.63) is 77.4 Å². The van der Waals surface area contributed by atoms with Crippen LogP contribution < -0.4 is 5.32 Å². The number of nitrogens with zero attached hydrogens (tertiary/aromatic N) is 4. The Balaban J connectivity index is 1.40. The maximum Gasteiger partial charge on any atom is 0.341 e. The number of ether oxygens (including phenoxy) is 1. The third-order valence-electron chi connectivity index (χ3n) is 5.35. The quantitative estimate of drug-likeness (QED) is 0.453. The fraction of sp³-hybridized carbons (Fsp3) is 0.250. The smallest absolute Gasteiger partial charge is 0.341 e. The minimum absolute atomic E-state index is 0.150. The molecule has 4 aromatic rings. The lowest BCUT2D eigenvalue weighted by Crippen LogP contribution is -2.27. The van der Waals surface area contributed by atoms with Crippen molar-refractivity contribution >= 4 is 22.9 Å². The number of benzene rings is 2. The first-order valence-electron chi connectivity index (χ1n) is 10.5. The number of aryl methyl sites for hydroxylation is 1. The van der Waals surface area contributed by atoms with Crippen LogP contribution in [0.15, 0.2) is 54.7 Å². The molecule has 0 radical (unpaired) electrons. The van der Waals surface area contributed by atoms with Gasteiger partial charge in [0.2, 0.25) is 0 Å². The molecule has 0 fully saturated rings. The van der Waals surface area contributed by atoms with Crippen molar-refractivity contribution in [3.63, 3.8) is 0 Å². The van der Waals surface area contributed by atoms with Crippen molar-refractivity contribution in [1.82, 2.24) is 24.6 Å². The summed E-state index contributed by atoms with van der Waals surface area (Å²) >= 11 is 0. The normalized spacial score (nSPS) is 11.0. The molecule has 0 saturated heterocycles. The molecule has 0 aliphatic rings. The number of amides is 1. The van der Waals surface area contributed by atoms with E-state index in [0.717, 1.165) is 22.5 Å². The van der Waals surface area contributed by atoms with Gasteiger partial charge in [-0.1, -0.05) is 12.1 Å². The molecule has 0 saturated carbocycles. The second-order valence-electron chi connectivity index (χ2n) is 7.38. The van der Waals surface area contributed by atoms with E-state index in [1.807, 2.05) is 38.1 Å². The van der Waals surface area contributed by atoms with Gasteiger partial charge in [-0.25, -0.2) is 14.5 Å². The molecule has 0 atom stereocenters. The average molecular weight is 431 g/mol. The standard InChI is InChI=1S/C24H25N5O3/c1-4-32-24(31)20-15-26-29(16(20)2)19-11-9-18(10-12-19)23(30)25-13-14-28-17(3)27-21-7-5-6-8-22(21)28/h5-12,15H,4,13-14H2,1-3H3,(H,25,30). The third kappa shape index (κ3) is 4.12. The van der Waals surface area contributed by atoms with Gasteiger partial charge in [-0.3, -0.25) is 4.79 Å². The Morgan fingerprint density at radius 3 is 2.56 bits per heavy atom. The van der Waals surface area contributed by atoms with Gasteiger partial charge in [0.05, 0.1) is 35.2 Å². The molecule has 2 aromatic heterocycles. The van der Waals surface area contributed by atoms with Gasteiger partial charge in [-0.2, -0.15) is 5.10 Å². The zero-order valence-electron chi connectivity index (χ0n) is 18.3. The van der Waals surface area contributed by atoms with Gasteiger partial charge < -0.3 is 14.6 Å². The van der Waals surface area contributed by atoms with Crippen LogP contribution in [0.4, 0.5) is 0 Å². The Morgan fingerprint density at radius 2 is 1.81 bits per heavy atom. The number of carbonyl (C=O) groups is 2. The third-order valence-corrected chi connectivity index (χ3v) is 5.35. The highest BCUT2D eigenvalue weighted by atomic mass is 16.5. The van der Waals surface area contributed by atoms with E-state index < -0.39 is 5.97 Å². The maximum absolute atomic E-state index is 12.6. The Labute approximate surface area is 185 Å². The van der Waals surface area contributed by atoms with E-state index in [4.69, 9.17) is 4.74 Å². The average Bonchev–Trinajstić information content (AvgIpc) is 3.33. The fourth-order valence-electron chi connectivity index (χ4n) is 3.69. The molecule has 0 aliphatic heterocycles. The molecule has 0 unspecified atom stereocenters. The molecule has 1 amide bonds. The molecule has 164 valence electrons. The molecular formula is C24H25N5O3. The van der Waals surface area contributed by atoms with Crippen LogP contribution in [0.25, 0.3) is 16.7 Å². The van der Waals surface area contributed by atoms with E-state index >= 15 is 0 Å². The first-order valence-corrected chi connectivity index (χ1v) is 10.5. The lowest BCUT2D eigenvalue weighted by molar-refractivity contribution is 0.0525. The van der Waals surface area contributed by atoms with Gasteiger partial charge in [0, 0.05) is 18.7 Å². The second kappa shape index (κ2) is 9.05. The molecular weight excluding hydrogens is 406 g/mol. The summed E-state index contributed by atoms with van der Waals surface area (Å²) in [6.45, 7) is 6.97. The highest BCUT2D eigenvalue weighted by Crippen LogP contribution is 2.17. The van der Waals surface area contributed by atoms with Crippen molar-refractivity contribution in [2.75, 3.05) is 13.2 Å². The summed E-state index contributed by atoms with van der Waals surface area (Å²) < 4.78 is 8.80. The first kappa shape index (κ1) is 21.3. The number of imidazole rings is 1. The highest BCUT2D eigenvalue weighted by Gasteiger charge is 2.16. The summed E-state index contributed by atoms with van der Waals surface area (Å²) in [6, 6.07) is 15.1. The Kier molecular flexibility index (Phi) is 6.02. The van der Waals surface area contributed by atoms with Crippen LogP contribution in [0.3, 0.4) is 0 Å². The monoisotopic (exact) mass is 431 g/mol. The summed E-state index contributed by atoms with van der Waals surface area (Å²) in [4.78, 5) is 29.1. The van der Waals surface area contributed by atoms with Crippen molar-refractivity contribution < 1.29 is 14.3 Å². The summed E-state index contributed by atoms with van der Waals surface area (Å²) in [7, 11) is 0. The van der Waals surface area contributed by atoms with E-state index in [0.29, 0.717) is 36.5 Å². The summed E-state index contributed by atoms with van der Waals surface area (Å²) in [5, 5.41) is 7.24. The SMILES string of the molecule is CCOC(=O)c1cnn(-c2ccc(C(=O)NCCn3c(C)nc4ccccc43)cc2)c1C. The molecule has 2 aromatic carbocycles. The fourth-order valence-corrected chi connectivity index (χ4v) is 3.69. The lowest BCUT2D eigenvalue weighted by atomic mass is 10.2. The van der Waals surface area contributed by atoms with Crippen molar-refractivity contribution in [3.8, 4) is 5.69 Å². The van der Waals surface area contributed by atoms with Gasteiger partial charge in [0.25, 0.3) is 5.91 Å². The molecule has 0 spiro atoms. The van der Waals surface area contributed by atoms with Gasteiger partial charge in [0.15, 0.2) is 0 Å². The molecule has 2 heterocycles. The highest BCUT2D eigenvalue weighted by molar-refractivity contribution is 5.94. The number of hydrogen-bond donors (Lipinski definition) is 1. The predicted octanol–water partition coefficient (Wildman–Crippen LogP) is 3.45. The van der Waals surface area contributed by atoms with Gasteiger partial charge >= 0.3 is 5.97 Å². The van der Waals surface area contributed by atoms with E-state index in [2.05, 4.69) is 20.0 Å². The number of esters is 1. The number of hydrogen-bond acceptors (Lipinski definition) is 5. The van der Waals surface area contributed by atoms with Crippen LogP contribution in [0.5, 0.6) is 0 Å². The zero-order valence-corrected chi connectivity index (χ0v) is 18.3. The second-order valence-corrected chi connectivity index (χ2v) is 7.38. The molecule has 4 rings (SSSR count). The predicted molar refractivity (Wildman–Crippen MR) is 121 cm³/mol. The minimum atomic E-state index is -0.395. The summed E-state index contributed by atoms with van der Waals surface area (Å²) in [5.74, 6) is 0.373. The van der Waals surface area contributed by atoms with Gasteiger partial charge in [-0.05, 0) is 57.2 Å². The molecule has 8 heteroatoms.